The molecular formula is C18H24N6O6. The molecule has 4 heterocycles. The van der Waals surface area contributed by atoms with Crippen LogP contribution in [0.15, 0.2) is 25.3 Å². The van der Waals surface area contributed by atoms with Crippen molar-refractivity contribution in [2.45, 2.75) is 37.0 Å². The molecule has 2 aromatic heterocycles. The molecule has 2 saturated heterocycles. The Hall–Kier alpha value is -2.80. The molecule has 2 aromatic rings. The number of nitrogens with one attached hydrogen (secondary N) is 2. The molecule has 4 rings (SSSR count). The van der Waals surface area contributed by atoms with Crippen molar-refractivity contribution in [1.29, 1.82) is 0 Å². The predicted octanol–water partition coefficient (Wildman–Crippen LogP) is -0.441. The zero-order chi connectivity index (χ0) is 21.1. The fraction of sp³-hybridized carbons (Fsp3) is 0.556. The summed E-state index contributed by atoms with van der Waals surface area (Å²) in [6.45, 7) is 4.79. The lowest BCUT2D eigenvalue weighted by atomic mass is 10.1. The fourth-order valence-electron chi connectivity index (χ4n) is 3.45. The van der Waals surface area contributed by atoms with Gasteiger partial charge in [-0.05, 0) is 6.42 Å². The molecule has 0 saturated carbocycles. The lowest BCUT2D eigenvalue weighted by Gasteiger charge is -2.17. The van der Waals surface area contributed by atoms with Gasteiger partial charge in [-0.3, -0.25) is 4.57 Å². The van der Waals surface area contributed by atoms with E-state index in [9.17, 15) is 15.0 Å². The average Bonchev–Trinajstić information content (AvgIpc) is 3.47. The predicted molar refractivity (Wildman–Crippen MR) is 104 cm³/mol. The summed E-state index contributed by atoms with van der Waals surface area (Å²) in [7, 11) is 0. The summed E-state index contributed by atoms with van der Waals surface area (Å²) < 4.78 is 17.7. The van der Waals surface area contributed by atoms with E-state index in [1.165, 1.54) is 23.3 Å². The van der Waals surface area contributed by atoms with Gasteiger partial charge in [-0.15, -0.1) is 6.58 Å². The smallest absolute Gasteiger partial charge is 0.407 e. The third-order valence-electron chi connectivity index (χ3n) is 5.01. The number of rotatable bonds is 7. The van der Waals surface area contributed by atoms with Crippen molar-refractivity contribution < 1.29 is 29.2 Å². The van der Waals surface area contributed by atoms with Gasteiger partial charge in [0, 0.05) is 13.2 Å². The van der Waals surface area contributed by atoms with Gasteiger partial charge in [0.25, 0.3) is 0 Å². The molecule has 4 N–H and O–H groups in total. The Morgan fingerprint density at radius 3 is 3.00 bits per heavy atom. The lowest BCUT2D eigenvalue weighted by molar-refractivity contribution is -0.0532. The molecule has 1 unspecified atom stereocenters. The fourth-order valence-corrected chi connectivity index (χ4v) is 3.45. The van der Waals surface area contributed by atoms with Gasteiger partial charge >= 0.3 is 6.09 Å². The Balaban J connectivity index is 1.48. The van der Waals surface area contributed by atoms with E-state index < -0.39 is 30.6 Å². The Labute approximate surface area is 171 Å². The lowest BCUT2D eigenvalue weighted by Crippen LogP contribution is -2.36. The highest BCUT2D eigenvalue weighted by molar-refractivity contribution is 5.82. The summed E-state index contributed by atoms with van der Waals surface area (Å²) in [4.78, 5) is 24.4. The third kappa shape index (κ3) is 4.07. The Kier molecular flexibility index (Phi) is 6.08. The largest absolute Gasteiger partial charge is 0.447 e. The number of fused-ring (bicyclic) bond motifs is 1. The average molecular weight is 420 g/mol. The second-order valence-electron chi connectivity index (χ2n) is 7.07. The maximum Gasteiger partial charge on any atom is 0.407 e. The summed E-state index contributed by atoms with van der Waals surface area (Å²) >= 11 is 0. The second-order valence-corrected chi connectivity index (χ2v) is 7.07. The van der Waals surface area contributed by atoms with Gasteiger partial charge in [-0.2, -0.15) is 0 Å². The Morgan fingerprint density at radius 1 is 1.37 bits per heavy atom. The van der Waals surface area contributed by atoms with Crippen molar-refractivity contribution in [3.05, 3.63) is 25.3 Å². The van der Waals surface area contributed by atoms with Crippen LogP contribution in [-0.4, -0.2) is 86.5 Å². The van der Waals surface area contributed by atoms with Crippen molar-refractivity contribution in [1.82, 2.24) is 24.8 Å². The molecule has 2 fully saturated rings. The molecule has 12 nitrogen and oxygen atoms in total. The Bertz CT molecular complexity index is 900. The van der Waals surface area contributed by atoms with Crippen LogP contribution in [0, 0.1) is 0 Å². The third-order valence-corrected chi connectivity index (χ3v) is 5.01. The number of imidazole rings is 1. The van der Waals surface area contributed by atoms with Gasteiger partial charge in [0.15, 0.2) is 23.2 Å². The maximum atomic E-state index is 11.6. The number of amides is 1. The number of alkyl carbamates (subject to hydrolysis) is 1. The van der Waals surface area contributed by atoms with Gasteiger partial charge in [-0.1, -0.05) is 6.08 Å². The summed E-state index contributed by atoms with van der Waals surface area (Å²) in [5.41, 5.74) is 0.950. The van der Waals surface area contributed by atoms with E-state index in [0.29, 0.717) is 30.2 Å². The molecule has 5 atom stereocenters. The van der Waals surface area contributed by atoms with E-state index in [-0.39, 0.29) is 19.2 Å². The second kappa shape index (κ2) is 8.92. The first kappa shape index (κ1) is 20.5. The standard InChI is InChI=1S/C18H24N6O6/c1-2-4-19-18(27)29-7-11-13(25)14(26)17(30-11)24-9-22-12-15(20-8-21-16(12)24)23-10-3-5-28-6-10/h2,8-11,13-14,17,25-26H,1,3-7H2,(H,19,27)(H,20,21,23)/t10-,11-,13-,14-,17?/m1/s1. The first-order valence-corrected chi connectivity index (χ1v) is 9.63. The molecule has 1 amide bonds. The van der Waals surface area contributed by atoms with Gasteiger partial charge < -0.3 is 35.1 Å². The quantitative estimate of drug-likeness (QED) is 0.434. The van der Waals surface area contributed by atoms with E-state index in [1.54, 1.807) is 0 Å². The zero-order valence-electron chi connectivity index (χ0n) is 16.2. The van der Waals surface area contributed by atoms with E-state index in [0.717, 1.165) is 6.42 Å². The molecule has 0 aliphatic carbocycles. The number of aromatic nitrogens is 4. The molecule has 2 aliphatic rings. The van der Waals surface area contributed by atoms with Crippen molar-refractivity contribution in [2.75, 3.05) is 31.7 Å². The van der Waals surface area contributed by atoms with Crippen LogP contribution in [-0.2, 0) is 14.2 Å². The van der Waals surface area contributed by atoms with Gasteiger partial charge in [0.2, 0.25) is 0 Å². The van der Waals surface area contributed by atoms with Crippen LogP contribution in [0.1, 0.15) is 12.6 Å². The summed E-state index contributed by atoms with van der Waals surface area (Å²) in [6, 6.07) is 0.136. The molecule has 0 radical (unpaired) electrons. The normalized spacial score (nSPS) is 28.5. The molecule has 162 valence electrons. The van der Waals surface area contributed by atoms with Crippen LogP contribution in [0.2, 0.25) is 0 Å². The first-order chi connectivity index (χ1) is 14.6. The van der Waals surface area contributed by atoms with Gasteiger partial charge in [0.05, 0.1) is 19.0 Å². The molecule has 0 aromatic carbocycles. The molecular weight excluding hydrogens is 396 g/mol. The minimum Gasteiger partial charge on any atom is -0.447 e. The maximum absolute atomic E-state index is 11.6. The number of carbonyl (C=O) groups is 1. The molecule has 30 heavy (non-hydrogen) atoms. The van der Waals surface area contributed by atoms with E-state index in [2.05, 4.69) is 32.2 Å². The highest BCUT2D eigenvalue weighted by Crippen LogP contribution is 2.32. The van der Waals surface area contributed by atoms with Crippen LogP contribution < -0.4 is 10.6 Å². The van der Waals surface area contributed by atoms with Crippen LogP contribution in [0.25, 0.3) is 11.2 Å². The van der Waals surface area contributed by atoms with Crippen molar-refractivity contribution >= 4 is 23.1 Å². The van der Waals surface area contributed by atoms with Crippen LogP contribution >= 0.6 is 0 Å². The number of hydrogen-bond acceptors (Lipinski definition) is 10. The SMILES string of the molecule is C=CCNC(=O)OC[C@H]1OC(n2cnc3c(N[C@@H]4CCOC4)ncnc32)[C@H](O)[C@@H]1O. The highest BCUT2D eigenvalue weighted by atomic mass is 16.6. The zero-order valence-corrected chi connectivity index (χ0v) is 16.2. The number of hydrogen-bond donors (Lipinski definition) is 4. The van der Waals surface area contributed by atoms with Gasteiger partial charge in [0.1, 0.15) is 31.2 Å². The first-order valence-electron chi connectivity index (χ1n) is 9.63. The van der Waals surface area contributed by atoms with E-state index in [4.69, 9.17) is 14.2 Å². The molecule has 12 heteroatoms. The molecule has 2 aliphatic heterocycles. The molecule has 0 bridgehead atoms. The number of nitrogens with zero attached hydrogens (tertiary/aromatic N) is 4. The summed E-state index contributed by atoms with van der Waals surface area (Å²) in [6.07, 6.45) is 0.186. The van der Waals surface area contributed by atoms with Crippen molar-refractivity contribution in [3.8, 4) is 0 Å². The minimum atomic E-state index is -1.26. The number of anilines is 1. The minimum absolute atomic E-state index is 0.136. The van der Waals surface area contributed by atoms with Crippen LogP contribution in [0.5, 0.6) is 0 Å². The Morgan fingerprint density at radius 2 is 2.23 bits per heavy atom. The van der Waals surface area contributed by atoms with E-state index >= 15 is 0 Å². The van der Waals surface area contributed by atoms with Crippen molar-refractivity contribution in [2.24, 2.45) is 0 Å². The highest BCUT2D eigenvalue weighted by Gasteiger charge is 2.45. The van der Waals surface area contributed by atoms with Crippen LogP contribution in [0.4, 0.5) is 10.6 Å². The number of aliphatic hydroxyl groups is 2. The van der Waals surface area contributed by atoms with E-state index in [1.807, 2.05) is 0 Å². The monoisotopic (exact) mass is 420 g/mol. The van der Waals surface area contributed by atoms with Crippen LogP contribution in [0.3, 0.4) is 0 Å². The number of ether oxygens (including phenoxy) is 3. The topological polar surface area (TPSA) is 153 Å². The van der Waals surface area contributed by atoms with Crippen molar-refractivity contribution in [3.63, 3.8) is 0 Å². The number of carbonyl (C=O) groups excluding carboxylic acids is 1. The molecule has 0 spiro atoms. The van der Waals surface area contributed by atoms with Gasteiger partial charge in [-0.25, -0.2) is 19.7 Å². The summed E-state index contributed by atoms with van der Waals surface area (Å²) in [5.74, 6) is 0.557. The number of aliphatic hydroxyl groups excluding tert-OH is 2. The summed E-state index contributed by atoms with van der Waals surface area (Å²) in [5, 5.41) is 26.6.